The van der Waals surface area contributed by atoms with Gasteiger partial charge in [0, 0.05) is 30.2 Å². The van der Waals surface area contributed by atoms with Gasteiger partial charge in [0.1, 0.15) is 5.82 Å². The van der Waals surface area contributed by atoms with Crippen molar-refractivity contribution in [3.63, 3.8) is 0 Å². The van der Waals surface area contributed by atoms with Crippen molar-refractivity contribution >= 4 is 35.1 Å². The standard InChI is InChI=1S/C22H18ClN3O4S/c1-26-20-19(21(28)25-22(26)31-10-12-2-5-14(23)6-3-12)15(9-18(27)24-20)13-4-7-16-17(8-13)30-11-29-16/h2-8,15H,9-11H2,1H3,(H,24,27)/t15-/m1/s1. The third kappa shape index (κ3) is 3.77. The number of carbonyl (C=O) groups is 1. The maximum atomic E-state index is 13.1. The average molecular weight is 456 g/mol. The van der Waals surface area contributed by atoms with Crippen LogP contribution < -0.4 is 20.3 Å². The summed E-state index contributed by atoms with van der Waals surface area (Å²) < 4.78 is 12.6. The maximum absolute atomic E-state index is 13.1. The molecule has 31 heavy (non-hydrogen) atoms. The van der Waals surface area contributed by atoms with Crippen molar-refractivity contribution in [2.45, 2.75) is 23.2 Å². The van der Waals surface area contributed by atoms with Gasteiger partial charge < -0.3 is 19.4 Å². The van der Waals surface area contributed by atoms with Gasteiger partial charge in [-0.1, -0.05) is 41.6 Å². The number of thioether (sulfide) groups is 1. The maximum Gasteiger partial charge on any atom is 0.279 e. The molecule has 0 radical (unpaired) electrons. The second kappa shape index (κ2) is 7.94. The monoisotopic (exact) mass is 455 g/mol. The molecule has 0 spiro atoms. The van der Waals surface area contributed by atoms with Crippen LogP contribution in [0.25, 0.3) is 0 Å². The molecule has 158 valence electrons. The highest BCUT2D eigenvalue weighted by molar-refractivity contribution is 7.98. The molecule has 9 heteroatoms. The van der Waals surface area contributed by atoms with E-state index in [-0.39, 0.29) is 24.7 Å². The van der Waals surface area contributed by atoms with Gasteiger partial charge in [0.2, 0.25) is 12.7 Å². The fraction of sp³-hybridized carbons (Fsp3) is 0.227. The second-order valence-corrected chi connectivity index (χ2v) is 8.73. The molecule has 7 nitrogen and oxygen atoms in total. The SMILES string of the molecule is Cn1c(SCc2ccc(Cl)cc2)nc(=O)c2c1NC(=O)C[C@@H]2c1ccc2c(c1)OCO2. The molecule has 2 aliphatic rings. The van der Waals surface area contributed by atoms with Crippen LogP contribution in [0, 0.1) is 0 Å². The largest absolute Gasteiger partial charge is 0.454 e. The molecule has 0 saturated heterocycles. The van der Waals surface area contributed by atoms with Crippen LogP contribution in [0.4, 0.5) is 5.82 Å². The van der Waals surface area contributed by atoms with Crippen molar-refractivity contribution < 1.29 is 14.3 Å². The first kappa shape index (κ1) is 20.0. The Hall–Kier alpha value is -2.97. The second-order valence-electron chi connectivity index (χ2n) is 7.35. The van der Waals surface area contributed by atoms with Crippen molar-refractivity contribution in [3.05, 3.63) is 74.5 Å². The molecule has 1 atom stereocenters. The molecular weight excluding hydrogens is 438 g/mol. The average Bonchev–Trinajstić information content (AvgIpc) is 3.23. The highest BCUT2D eigenvalue weighted by atomic mass is 35.5. The fourth-order valence-electron chi connectivity index (χ4n) is 3.81. The lowest BCUT2D eigenvalue weighted by molar-refractivity contribution is -0.116. The van der Waals surface area contributed by atoms with Gasteiger partial charge in [-0.3, -0.25) is 9.59 Å². The van der Waals surface area contributed by atoms with Gasteiger partial charge >= 0.3 is 0 Å². The molecule has 1 N–H and O–H groups in total. The van der Waals surface area contributed by atoms with Gasteiger partial charge in [0.15, 0.2) is 16.7 Å². The number of anilines is 1. The normalized spacial score (nSPS) is 16.7. The number of hydrogen-bond acceptors (Lipinski definition) is 6. The first-order valence-corrected chi connectivity index (χ1v) is 11.0. The van der Waals surface area contributed by atoms with Crippen molar-refractivity contribution in [1.82, 2.24) is 9.55 Å². The Morgan fingerprint density at radius 1 is 1.16 bits per heavy atom. The van der Waals surface area contributed by atoms with Crippen LogP contribution in [0.5, 0.6) is 11.5 Å². The van der Waals surface area contributed by atoms with E-state index in [2.05, 4.69) is 10.3 Å². The van der Waals surface area contributed by atoms with Crippen LogP contribution in [0.1, 0.15) is 29.0 Å². The van der Waals surface area contributed by atoms with Crippen molar-refractivity contribution in [2.75, 3.05) is 12.1 Å². The van der Waals surface area contributed by atoms with Gasteiger partial charge in [-0.25, -0.2) is 0 Å². The van der Waals surface area contributed by atoms with E-state index in [4.69, 9.17) is 21.1 Å². The summed E-state index contributed by atoms with van der Waals surface area (Å²) in [5.41, 5.74) is 2.02. The molecule has 1 amide bonds. The molecule has 0 saturated carbocycles. The van der Waals surface area contributed by atoms with Crippen molar-refractivity contribution in [1.29, 1.82) is 0 Å². The van der Waals surface area contributed by atoms with Crippen LogP contribution in [0.2, 0.25) is 5.02 Å². The van der Waals surface area contributed by atoms with E-state index in [0.29, 0.717) is 38.8 Å². The van der Waals surface area contributed by atoms with E-state index >= 15 is 0 Å². The number of carbonyl (C=O) groups excluding carboxylic acids is 1. The summed E-state index contributed by atoms with van der Waals surface area (Å²) in [5.74, 6) is 1.83. The Kier molecular flexibility index (Phi) is 5.11. The number of rotatable bonds is 4. The number of benzene rings is 2. The van der Waals surface area contributed by atoms with Crippen LogP contribution in [0.3, 0.4) is 0 Å². The lowest BCUT2D eigenvalue weighted by atomic mass is 9.86. The molecule has 0 bridgehead atoms. The van der Waals surface area contributed by atoms with Gasteiger partial charge in [0.25, 0.3) is 5.56 Å². The molecular formula is C22H18ClN3O4S. The number of amides is 1. The molecule has 0 aliphatic carbocycles. The third-order valence-electron chi connectivity index (χ3n) is 5.38. The Balaban J connectivity index is 1.50. The molecule has 1 aromatic heterocycles. The molecule has 0 unspecified atom stereocenters. The molecule has 5 rings (SSSR count). The first-order chi connectivity index (χ1) is 15.0. The number of fused-ring (bicyclic) bond motifs is 2. The zero-order valence-corrected chi connectivity index (χ0v) is 18.1. The number of hydrogen-bond donors (Lipinski definition) is 1. The summed E-state index contributed by atoms with van der Waals surface area (Å²) in [7, 11) is 1.80. The zero-order chi connectivity index (χ0) is 21.5. The van der Waals surface area contributed by atoms with Gasteiger partial charge in [0.05, 0.1) is 5.56 Å². The number of aromatic nitrogens is 2. The Morgan fingerprint density at radius 2 is 1.94 bits per heavy atom. The summed E-state index contributed by atoms with van der Waals surface area (Å²) >= 11 is 7.37. The first-order valence-electron chi connectivity index (χ1n) is 9.67. The summed E-state index contributed by atoms with van der Waals surface area (Å²) in [6, 6.07) is 13.0. The van der Waals surface area contributed by atoms with Crippen LogP contribution in [-0.2, 0) is 17.6 Å². The molecule has 3 aromatic rings. The lowest BCUT2D eigenvalue weighted by Crippen LogP contribution is -2.33. The summed E-state index contributed by atoms with van der Waals surface area (Å²) in [5, 5.41) is 4.07. The number of nitrogens with one attached hydrogen (secondary N) is 1. The van der Waals surface area contributed by atoms with Crippen LogP contribution in [0.15, 0.2) is 52.4 Å². The van der Waals surface area contributed by atoms with E-state index in [1.807, 2.05) is 36.4 Å². The zero-order valence-electron chi connectivity index (χ0n) is 16.6. The molecule has 3 heterocycles. The van der Waals surface area contributed by atoms with Gasteiger partial charge in [-0.2, -0.15) is 4.98 Å². The fourth-order valence-corrected chi connectivity index (χ4v) is 4.85. The molecule has 0 fully saturated rings. The van der Waals surface area contributed by atoms with Crippen molar-refractivity contribution in [2.24, 2.45) is 7.05 Å². The van der Waals surface area contributed by atoms with E-state index in [0.717, 1.165) is 11.1 Å². The van der Waals surface area contributed by atoms with E-state index in [1.54, 1.807) is 17.7 Å². The van der Waals surface area contributed by atoms with Gasteiger partial charge in [-0.05, 0) is 35.4 Å². The topological polar surface area (TPSA) is 82.5 Å². The number of halogens is 1. The Labute approximate surface area is 187 Å². The quantitative estimate of drug-likeness (QED) is 0.474. The minimum atomic E-state index is -0.403. The lowest BCUT2D eigenvalue weighted by Gasteiger charge is -2.27. The Bertz CT molecular complexity index is 1240. The molecule has 2 aromatic carbocycles. The molecule has 2 aliphatic heterocycles. The summed E-state index contributed by atoms with van der Waals surface area (Å²) in [6.45, 7) is 0.165. The minimum absolute atomic E-state index is 0.148. The third-order valence-corrected chi connectivity index (χ3v) is 6.73. The van der Waals surface area contributed by atoms with Crippen LogP contribution >= 0.6 is 23.4 Å². The minimum Gasteiger partial charge on any atom is -0.454 e. The van der Waals surface area contributed by atoms with E-state index in [9.17, 15) is 9.59 Å². The van der Waals surface area contributed by atoms with E-state index in [1.165, 1.54) is 11.8 Å². The smallest absolute Gasteiger partial charge is 0.279 e. The van der Waals surface area contributed by atoms with Gasteiger partial charge in [-0.15, -0.1) is 0 Å². The summed E-state index contributed by atoms with van der Waals surface area (Å²) in [6.07, 6.45) is 0.167. The summed E-state index contributed by atoms with van der Waals surface area (Å²) in [4.78, 5) is 29.9. The predicted molar refractivity (Wildman–Crippen MR) is 118 cm³/mol. The Morgan fingerprint density at radius 3 is 2.74 bits per heavy atom. The number of ether oxygens (including phenoxy) is 2. The van der Waals surface area contributed by atoms with Crippen LogP contribution in [-0.4, -0.2) is 22.3 Å². The highest BCUT2D eigenvalue weighted by Crippen LogP contribution is 2.40. The predicted octanol–water partition coefficient (Wildman–Crippen LogP) is 3.93. The van der Waals surface area contributed by atoms with E-state index < -0.39 is 5.92 Å². The number of nitrogens with zero attached hydrogens (tertiary/aromatic N) is 2. The highest BCUT2D eigenvalue weighted by Gasteiger charge is 2.33. The van der Waals surface area contributed by atoms with Crippen molar-refractivity contribution in [3.8, 4) is 11.5 Å².